The lowest BCUT2D eigenvalue weighted by atomic mass is 10.1. The summed E-state index contributed by atoms with van der Waals surface area (Å²) in [7, 11) is 0. The lowest BCUT2D eigenvalue weighted by Crippen LogP contribution is -2.04. The maximum absolute atomic E-state index is 11.2. The summed E-state index contributed by atoms with van der Waals surface area (Å²) in [6, 6.07) is 5.19. The summed E-state index contributed by atoms with van der Waals surface area (Å²) in [5, 5.41) is 16.4. The molecule has 0 atom stereocenters. The fraction of sp³-hybridized carbons (Fsp3) is 0.231. The van der Waals surface area contributed by atoms with Crippen LogP contribution in [-0.4, -0.2) is 20.9 Å². The molecule has 0 saturated carbocycles. The van der Waals surface area contributed by atoms with Gasteiger partial charge in [-0.1, -0.05) is 12.1 Å². The molecule has 5 heteroatoms. The minimum atomic E-state index is -0.941. The second-order valence-corrected chi connectivity index (χ2v) is 4.01. The minimum absolute atomic E-state index is 0.263. The van der Waals surface area contributed by atoms with Gasteiger partial charge in [-0.25, -0.2) is 4.79 Å². The molecular formula is C13H15N3O2. The summed E-state index contributed by atoms with van der Waals surface area (Å²) in [6.07, 6.45) is 3.53. The van der Waals surface area contributed by atoms with E-state index in [0.717, 1.165) is 17.8 Å². The lowest BCUT2D eigenvalue weighted by Gasteiger charge is -2.10. The molecule has 0 aliphatic carbocycles. The Bertz CT molecular complexity index is 575. The summed E-state index contributed by atoms with van der Waals surface area (Å²) in [5.74, 6) is -0.941. The van der Waals surface area contributed by atoms with Gasteiger partial charge in [0.15, 0.2) is 0 Å². The first-order valence-electron chi connectivity index (χ1n) is 5.74. The Kier molecular flexibility index (Phi) is 3.32. The van der Waals surface area contributed by atoms with Crippen molar-refractivity contribution in [3.63, 3.8) is 0 Å². The molecular weight excluding hydrogens is 230 g/mol. The number of benzene rings is 1. The van der Waals surface area contributed by atoms with Crippen LogP contribution in [0.4, 0.5) is 11.4 Å². The Balaban J connectivity index is 2.36. The summed E-state index contributed by atoms with van der Waals surface area (Å²) < 4.78 is 1.78. The van der Waals surface area contributed by atoms with E-state index < -0.39 is 5.97 Å². The van der Waals surface area contributed by atoms with Crippen molar-refractivity contribution in [3.8, 4) is 0 Å². The van der Waals surface area contributed by atoms with E-state index >= 15 is 0 Å². The number of carboxylic acid groups (broad SMARTS) is 1. The molecule has 0 fully saturated rings. The van der Waals surface area contributed by atoms with Crippen LogP contribution in [0.5, 0.6) is 0 Å². The van der Waals surface area contributed by atoms with Crippen molar-refractivity contribution in [3.05, 3.63) is 41.7 Å². The SMILES string of the molecule is CCn1cc(Nc2c(C)cccc2C(=O)O)cn1. The first kappa shape index (κ1) is 12.2. The third kappa shape index (κ3) is 2.34. The second kappa shape index (κ2) is 4.91. The standard InChI is InChI=1S/C13H15N3O2/c1-3-16-8-10(7-14-16)15-12-9(2)5-4-6-11(12)13(17)18/h4-8,15H,3H2,1-2H3,(H,17,18). The first-order chi connectivity index (χ1) is 8.61. The van der Waals surface area contributed by atoms with Crippen LogP contribution in [0.2, 0.25) is 0 Å². The number of para-hydroxylation sites is 1. The van der Waals surface area contributed by atoms with Crippen LogP contribution in [0.25, 0.3) is 0 Å². The van der Waals surface area contributed by atoms with Crippen molar-refractivity contribution >= 4 is 17.3 Å². The van der Waals surface area contributed by atoms with Crippen molar-refractivity contribution < 1.29 is 9.90 Å². The van der Waals surface area contributed by atoms with Gasteiger partial charge in [-0.05, 0) is 25.5 Å². The van der Waals surface area contributed by atoms with Crippen LogP contribution < -0.4 is 5.32 Å². The molecule has 2 rings (SSSR count). The monoisotopic (exact) mass is 245 g/mol. The second-order valence-electron chi connectivity index (χ2n) is 4.01. The number of aryl methyl sites for hydroxylation is 2. The van der Waals surface area contributed by atoms with Crippen molar-refractivity contribution in [2.24, 2.45) is 0 Å². The molecule has 2 aromatic rings. The zero-order chi connectivity index (χ0) is 13.1. The average Bonchev–Trinajstić information content (AvgIpc) is 2.79. The number of rotatable bonds is 4. The Morgan fingerprint density at radius 3 is 2.89 bits per heavy atom. The van der Waals surface area contributed by atoms with Crippen LogP contribution in [0.1, 0.15) is 22.8 Å². The van der Waals surface area contributed by atoms with E-state index in [1.165, 1.54) is 0 Å². The molecule has 94 valence electrons. The van der Waals surface area contributed by atoms with Crippen LogP contribution in [0, 0.1) is 6.92 Å². The van der Waals surface area contributed by atoms with Crippen LogP contribution in [0.3, 0.4) is 0 Å². The number of anilines is 2. The van der Waals surface area contributed by atoms with Crippen molar-refractivity contribution in [2.75, 3.05) is 5.32 Å². The Morgan fingerprint density at radius 2 is 2.28 bits per heavy atom. The zero-order valence-electron chi connectivity index (χ0n) is 10.3. The smallest absolute Gasteiger partial charge is 0.337 e. The highest BCUT2D eigenvalue weighted by atomic mass is 16.4. The third-order valence-electron chi connectivity index (χ3n) is 2.73. The zero-order valence-corrected chi connectivity index (χ0v) is 10.3. The van der Waals surface area contributed by atoms with E-state index in [9.17, 15) is 4.79 Å². The molecule has 0 bridgehead atoms. The summed E-state index contributed by atoms with van der Waals surface area (Å²) in [4.78, 5) is 11.2. The summed E-state index contributed by atoms with van der Waals surface area (Å²) >= 11 is 0. The van der Waals surface area contributed by atoms with Gasteiger partial charge < -0.3 is 10.4 Å². The highest BCUT2D eigenvalue weighted by Gasteiger charge is 2.12. The van der Waals surface area contributed by atoms with Gasteiger partial charge in [0.1, 0.15) is 0 Å². The largest absolute Gasteiger partial charge is 0.478 e. The van der Waals surface area contributed by atoms with E-state index in [0.29, 0.717) is 5.69 Å². The van der Waals surface area contributed by atoms with Gasteiger partial charge in [-0.2, -0.15) is 5.10 Å². The normalized spacial score (nSPS) is 10.3. The number of nitrogens with zero attached hydrogens (tertiary/aromatic N) is 2. The highest BCUT2D eigenvalue weighted by molar-refractivity contribution is 5.96. The Labute approximate surface area is 105 Å². The van der Waals surface area contributed by atoms with E-state index in [4.69, 9.17) is 5.11 Å². The molecule has 0 aliphatic rings. The van der Waals surface area contributed by atoms with Crippen LogP contribution in [0.15, 0.2) is 30.6 Å². The fourth-order valence-corrected chi connectivity index (χ4v) is 1.76. The molecule has 1 aromatic heterocycles. The van der Waals surface area contributed by atoms with E-state index in [2.05, 4.69) is 10.4 Å². The van der Waals surface area contributed by atoms with E-state index in [1.54, 1.807) is 23.0 Å². The number of aromatic carboxylic acids is 1. The van der Waals surface area contributed by atoms with E-state index in [-0.39, 0.29) is 5.56 Å². The molecule has 1 aromatic carbocycles. The molecule has 0 unspecified atom stereocenters. The highest BCUT2D eigenvalue weighted by Crippen LogP contribution is 2.24. The fourth-order valence-electron chi connectivity index (χ4n) is 1.76. The maximum Gasteiger partial charge on any atom is 0.337 e. The number of carbonyl (C=O) groups is 1. The molecule has 0 saturated heterocycles. The number of hydrogen-bond donors (Lipinski definition) is 2. The number of nitrogens with one attached hydrogen (secondary N) is 1. The predicted molar refractivity (Wildman–Crippen MR) is 69.3 cm³/mol. The molecule has 5 nitrogen and oxygen atoms in total. The number of carboxylic acids is 1. The predicted octanol–water partition coefficient (Wildman–Crippen LogP) is 2.65. The van der Waals surface area contributed by atoms with Gasteiger partial charge in [0.2, 0.25) is 0 Å². The summed E-state index contributed by atoms with van der Waals surface area (Å²) in [6.45, 7) is 4.65. The molecule has 1 heterocycles. The maximum atomic E-state index is 11.2. The molecule has 0 amide bonds. The molecule has 2 N–H and O–H groups in total. The van der Waals surface area contributed by atoms with Gasteiger partial charge >= 0.3 is 5.97 Å². The number of hydrogen-bond acceptors (Lipinski definition) is 3. The minimum Gasteiger partial charge on any atom is -0.478 e. The van der Waals surface area contributed by atoms with Crippen molar-refractivity contribution in [2.45, 2.75) is 20.4 Å². The molecule has 0 spiro atoms. The quantitative estimate of drug-likeness (QED) is 0.869. The number of aromatic nitrogens is 2. The van der Waals surface area contributed by atoms with Gasteiger partial charge in [0, 0.05) is 12.7 Å². The van der Waals surface area contributed by atoms with E-state index in [1.807, 2.05) is 26.1 Å². The topological polar surface area (TPSA) is 67.2 Å². The molecule has 0 aliphatic heterocycles. The molecule has 0 radical (unpaired) electrons. The lowest BCUT2D eigenvalue weighted by molar-refractivity contribution is 0.0698. The van der Waals surface area contributed by atoms with Crippen LogP contribution in [-0.2, 0) is 6.54 Å². The van der Waals surface area contributed by atoms with Gasteiger partial charge in [0.05, 0.1) is 23.1 Å². The van der Waals surface area contributed by atoms with Gasteiger partial charge in [-0.15, -0.1) is 0 Å². The Morgan fingerprint density at radius 1 is 1.50 bits per heavy atom. The first-order valence-corrected chi connectivity index (χ1v) is 5.74. The third-order valence-corrected chi connectivity index (χ3v) is 2.73. The summed E-state index contributed by atoms with van der Waals surface area (Å²) in [5.41, 5.74) is 2.55. The average molecular weight is 245 g/mol. The van der Waals surface area contributed by atoms with Crippen molar-refractivity contribution in [1.29, 1.82) is 0 Å². The van der Waals surface area contributed by atoms with Crippen LogP contribution >= 0.6 is 0 Å². The van der Waals surface area contributed by atoms with Crippen molar-refractivity contribution in [1.82, 2.24) is 9.78 Å². The van der Waals surface area contributed by atoms with Gasteiger partial charge in [0.25, 0.3) is 0 Å². The Hall–Kier alpha value is -2.30. The molecule has 18 heavy (non-hydrogen) atoms. The van der Waals surface area contributed by atoms with Gasteiger partial charge in [-0.3, -0.25) is 4.68 Å².